The van der Waals surface area contributed by atoms with Crippen LogP contribution in [0.1, 0.15) is 38.3 Å². The topological polar surface area (TPSA) is 105 Å². The van der Waals surface area contributed by atoms with Gasteiger partial charge in [0.15, 0.2) is 0 Å². The van der Waals surface area contributed by atoms with Crippen molar-refractivity contribution in [1.29, 1.82) is 0 Å². The second kappa shape index (κ2) is 12.3. The molecular weight excluding hydrogens is 338 g/mol. The van der Waals surface area contributed by atoms with Gasteiger partial charge in [0.05, 0.1) is 0 Å². The van der Waals surface area contributed by atoms with Crippen molar-refractivity contribution in [3.63, 3.8) is 0 Å². The van der Waals surface area contributed by atoms with E-state index in [0.29, 0.717) is 6.61 Å². The van der Waals surface area contributed by atoms with E-state index in [-0.39, 0.29) is 5.41 Å². The van der Waals surface area contributed by atoms with Gasteiger partial charge >= 0.3 is 11.9 Å². The Kier molecular flexibility index (Phi) is 11.3. The largest absolute Gasteiger partial charge is 0.492 e. The monoisotopic (exact) mass is 369 g/mol. The maximum atomic E-state index is 9.10. The highest BCUT2D eigenvalue weighted by atomic mass is 16.5. The van der Waals surface area contributed by atoms with Crippen LogP contribution in [0.25, 0.3) is 0 Å². The summed E-state index contributed by atoms with van der Waals surface area (Å²) >= 11 is 0. The molecule has 7 heteroatoms. The first-order valence-electron chi connectivity index (χ1n) is 8.49. The van der Waals surface area contributed by atoms with E-state index in [2.05, 4.69) is 51.2 Å². The van der Waals surface area contributed by atoms with Crippen LogP contribution in [0.2, 0.25) is 0 Å². The zero-order valence-corrected chi connectivity index (χ0v) is 16.3. The first-order valence-corrected chi connectivity index (χ1v) is 8.49. The smallest absolute Gasteiger partial charge is 0.414 e. The zero-order chi connectivity index (χ0) is 20.2. The van der Waals surface area contributed by atoms with Crippen molar-refractivity contribution in [2.24, 2.45) is 0 Å². The van der Waals surface area contributed by atoms with Crippen molar-refractivity contribution < 1.29 is 29.3 Å². The Morgan fingerprint density at radius 2 is 1.69 bits per heavy atom. The lowest BCUT2D eigenvalue weighted by molar-refractivity contribution is -0.159. The number of hydrogen-bond acceptors (Lipinski definition) is 5. The second-order valence-corrected chi connectivity index (χ2v) is 6.79. The molecule has 0 aliphatic carbocycles. The number of benzene rings is 1. The number of aliphatic carboxylic acids is 2. The lowest BCUT2D eigenvalue weighted by Gasteiger charge is -2.20. The fourth-order valence-electron chi connectivity index (χ4n) is 1.98. The number of carboxylic acid groups (broad SMARTS) is 2. The molecule has 0 radical (unpaired) electrons. The maximum absolute atomic E-state index is 9.10. The summed E-state index contributed by atoms with van der Waals surface area (Å²) in [7, 11) is 1.73. The van der Waals surface area contributed by atoms with Gasteiger partial charge in [-0.05, 0) is 42.5 Å². The number of carbonyl (C=O) groups is 2. The summed E-state index contributed by atoms with van der Waals surface area (Å²) in [4.78, 5) is 18.2. The van der Waals surface area contributed by atoms with E-state index >= 15 is 0 Å². The van der Waals surface area contributed by atoms with Gasteiger partial charge in [0.2, 0.25) is 0 Å². The predicted molar refractivity (Wildman–Crippen MR) is 100 cm³/mol. The molecule has 0 fully saturated rings. The number of rotatable bonds is 8. The highest BCUT2D eigenvalue weighted by molar-refractivity contribution is 6.27. The number of aryl methyl sites for hydroxylation is 1. The molecule has 0 spiro atoms. The molecule has 0 aromatic heterocycles. The summed E-state index contributed by atoms with van der Waals surface area (Å²) in [5.74, 6) is -2.67. The van der Waals surface area contributed by atoms with Crippen LogP contribution in [-0.2, 0) is 19.7 Å². The van der Waals surface area contributed by atoms with E-state index in [1.54, 1.807) is 7.11 Å². The van der Waals surface area contributed by atoms with Crippen LogP contribution in [-0.4, -0.2) is 55.6 Å². The normalized spacial score (nSPS) is 10.7. The summed E-state index contributed by atoms with van der Waals surface area (Å²) < 4.78 is 10.8. The number of carboxylic acids is 2. The van der Waals surface area contributed by atoms with Gasteiger partial charge in [-0.1, -0.05) is 32.9 Å². The highest BCUT2D eigenvalue weighted by Crippen LogP contribution is 2.27. The summed E-state index contributed by atoms with van der Waals surface area (Å²) in [5, 5.41) is 18.1. The number of ether oxygens (including phenoxy) is 2. The van der Waals surface area contributed by atoms with E-state index in [4.69, 9.17) is 29.3 Å². The van der Waals surface area contributed by atoms with Crippen molar-refractivity contribution in [2.45, 2.75) is 39.5 Å². The minimum absolute atomic E-state index is 0.187. The highest BCUT2D eigenvalue weighted by Gasteiger charge is 2.14. The first-order chi connectivity index (χ1) is 12.1. The van der Waals surface area contributed by atoms with E-state index < -0.39 is 11.9 Å². The summed E-state index contributed by atoms with van der Waals surface area (Å²) in [5.41, 5.74) is 2.74. The van der Waals surface area contributed by atoms with Gasteiger partial charge in [0.1, 0.15) is 12.4 Å². The minimum Gasteiger partial charge on any atom is -0.492 e. The van der Waals surface area contributed by atoms with Gasteiger partial charge in [-0.25, -0.2) is 9.59 Å². The molecule has 7 nitrogen and oxygen atoms in total. The van der Waals surface area contributed by atoms with Crippen LogP contribution in [0.3, 0.4) is 0 Å². The van der Waals surface area contributed by atoms with Crippen molar-refractivity contribution in [2.75, 3.05) is 33.4 Å². The summed E-state index contributed by atoms with van der Waals surface area (Å²) in [6.07, 6.45) is 1.04. The lowest BCUT2D eigenvalue weighted by atomic mass is 9.86. The lowest BCUT2D eigenvalue weighted by Crippen LogP contribution is -2.23. The van der Waals surface area contributed by atoms with Crippen LogP contribution in [0.4, 0.5) is 0 Å². The van der Waals surface area contributed by atoms with E-state index in [1.807, 2.05) is 0 Å². The number of hydrogen-bond donors (Lipinski definition) is 3. The van der Waals surface area contributed by atoms with Gasteiger partial charge < -0.3 is 25.0 Å². The zero-order valence-electron chi connectivity index (χ0n) is 16.3. The van der Waals surface area contributed by atoms with Crippen LogP contribution in [0.5, 0.6) is 5.75 Å². The molecule has 0 saturated heterocycles. The Labute approximate surface area is 155 Å². The summed E-state index contributed by atoms with van der Waals surface area (Å²) in [6.45, 7) is 12.1. The van der Waals surface area contributed by atoms with Gasteiger partial charge in [-0.3, -0.25) is 0 Å². The molecule has 0 heterocycles. The molecule has 1 aromatic carbocycles. The standard InChI is InChI=1S/C17H29NO2.C2H2O4/c1-14-13-15(17(2,3)4)7-8-16(14)20-12-10-18-9-6-11-19-5;3-1(4)2(5)6/h7-8,13,18H,6,9-12H2,1-5H3;(H,3,4)(H,5,6). The number of methoxy groups -OCH3 is 1. The van der Waals surface area contributed by atoms with Crippen molar-refractivity contribution in [1.82, 2.24) is 5.32 Å². The molecule has 0 atom stereocenters. The Bertz CT molecular complexity index is 554. The fraction of sp³-hybridized carbons (Fsp3) is 0.579. The van der Waals surface area contributed by atoms with Crippen LogP contribution >= 0.6 is 0 Å². The SMILES string of the molecule is COCCCNCCOc1ccc(C(C)(C)C)cc1C.O=C(O)C(=O)O. The fourth-order valence-corrected chi connectivity index (χ4v) is 1.98. The minimum atomic E-state index is -1.82. The Hall–Kier alpha value is -2.12. The van der Waals surface area contributed by atoms with Gasteiger partial charge in [-0.2, -0.15) is 0 Å². The van der Waals surface area contributed by atoms with Gasteiger partial charge in [0, 0.05) is 20.3 Å². The molecule has 0 aliphatic rings. The van der Waals surface area contributed by atoms with Crippen molar-refractivity contribution >= 4 is 11.9 Å². The quantitative estimate of drug-likeness (QED) is 0.477. The first kappa shape index (κ1) is 23.9. The van der Waals surface area contributed by atoms with E-state index in [1.165, 1.54) is 11.1 Å². The third-order valence-corrected chi connectivity index (χ3v) is 3.46. The van der Waals surface area contributed by atoms with Crippen LogP contribution in [0.15, 0.2) is 18.2 Å². The molecule has 1 aromatic rings. The third kappa shape index (κ3) is 10.7. The molecule has 0 aliphatic heterocycles. The second-order valence-electron chi connectivity index (χ2n) is 6.79. The molecule has 0 amide bonds. The molecule has 0 saturated carbocycles. The molecule has 0 bridgehead atoms. The van der Waals surface area contributed by atoms with Crippen molar-refractivity contribution in [3.8, 4) is 5.75 Å². The van der Waals surface area contributed by atoms with E-state index in [0.717, 1.165) is 31.9 Å². The molecule has 3 N–H and O–H groups in total. The summed E-state index contributed by atoms with van der Waals surface area (Å²) in [6, 6.07) is 6.47. The molecule has 0 unspecified atom stereocenters. The van der Waals surface area contributed by atoms with E-state index in [9.17, 15) is 0 Å². The molecule has 148 valence electrons. The Balaban J connectivity index is 0.000000896. The average molecular weight is 369 g/mol. The molecule has 26 heavy (non-hydrogen) atoms. The Morgan fingerprint density at radius 1 is 1.08 bits per heavy atom. The van der Waals surface area contributed by atoms with Crippen molar-refractivity contribution in [3.05, 3.63) is 29.3 Å². The molecule has 1 rings (SSSR count). The predicted octanol–water partition coefficient (Wildman–Crippen LogP) is 2.45. The number of nitrogens with one attached hydrogen (secondary N) is 1. The van der Waals surface area contributed by atoms with Crippen LogP contribution in [0, 0.1) is 6.92 Å². The molecular formula is C19H31NO6. The van der Waals surface area contributed by atoms with Gasteiger partial charge in [0.25, 0.3) is 0 Å². The maximum Gasteiger partial charge on any atom is 0.414 e. The third-order valence-electron chi connectivity index (χ3n) is 3.46. The van der Waals surface area contributed by atoms with Gasteiger partial charge in [-0.15, -0.1) is 0 Å². The van der Waals surface area contributed by atoms with Crippen LogP contribution < -0.4 is 10.1 Å². The Morgan fingerprint density at radius 3 is 2.15 bits per heavy atom. The average Bonchev–Trinajstić information content (AvgIpc) is 2.54.